The van der Waals surface area contributed by atoms with E-state index >= 15 is 0 Å². The second-order valence-corrected chi connectivity index (χ2v) is 9.45. The number of imidazole rings is 1. The normalized spacial score (nSPS) is 12.6. The van der Waals surface area contributed by atoms with Gasteiger partial charge in [-0.3, -0.25) is 10.1 Å². The first kappa shape index (κ1) is 22.9. The molecule has 0 aliphatic carbocycles. The molecule has 1 aromatic heterocycles. The van der Waals surface area contributed by atoms with Crippen LogP contribution in [-0.2, 0) is 4.79 Å². The molecule has 0 saturated carbocycles. The number of hydrogen-bond acceptors (Lipinski definition) is 6. The molecule has 2 aromatic carbocycles. The van der Waals surface area contributed by atoms with E-state index in [1.54, 1.807) is 34.9 Å². The number of ether oxygens (including phenoxy) is 1. The maximum atomic E-state index is 12.2. The van der Waals surface area contributed by atoms with Crippen LogP contribution in [0.15, 0.2) is 47.6 Å². The third-order valence-electron chi connectivity index (χ3n) is 4.56. The van der Waals surface area contributed by atoms with E-state index in [0.717, 1.165) is 0 Å². The van der Waals surface area contributed by atoms with Crippen molar-refractivity contribution in [3.63, 3.8) is 0 Å². The van der Waals surface area contributed by atoms with Gasteiger partial charge in [-0.05, 0) is 35.7 Å². The molecule has 31 heavy (non-hydrogen) atoms. The van der Waals surface area contributed by atoms with Gasteiger partial charge in [0, 0.05) is 22.9 Å². The van der Waals surface area contributed by atoms with Crippen molar-refractivity contribution in [3.8, 4) is 5.75 Å². The second-order valence-electron chi connectivity index (χ2n) is 7.95. The summed E-state index contributed by atoms with van der Waals surface area (Å²) in [6.07, 6.45) is 0. The van der Waals surface area contributed by atoms with Crippen LogP contribution in [0.3, 0.4) is 0 Å². The highest BCUT2D eigenvalue weighted by molar-refractivity contribution is 7.99. The first-order valence-electron chi connectivity index (χ1n) is 9.48. The van der Waals surface area contributed by atoms with E-state index in [9.17, 15) is 20.0 Å². The molecular formula is C21H22ClN3O5S. The Morgan fingerprint density at radius 1 is 1.29 bits per heavy atom. The van der Waals surface area contributed by atoms with Gasteiger partial charge in [0.1, 0.15) is 11.8 Å². The van der Waals surface area contributed by atoms with Gasteiger partial charge in [0.25, 0.3) is 5.69 Å². The van der Waals surface area contributed by atoms with Gasteiger partial charge in [0.2, 0.25) is 0 Å². The van der Waals surface area contributed by atoms with Crippen molar-refractivity contribution in [2.75, 3.05) is 12.4 Å². The fourth-order valence-corrected chi connectivity index (χ4v) is 4.20. The Balaban J connectivity index is 1.91. The van der Waals surface area contributed by atoms with Crippen molar-refractivity contribution in [2.24, 2.45) is 5.41 Å². The Kier molecular flexibility index (Phi) is 6.76. The molecule has 1 unspecified atom stereocenters. The van der Waals surface area contributed by atoms with E-state index in [1.807, 2.05) is 20.8 Å². The van der Waals surface area contributed by atoms with Crippen LogP contribution in [0.25, 0.3) is 11.0 Å². The molecular weight excluding hydrogens is 442 g/mol. The highest BCUT2D eigenvalue weighted by atomic mass is 35.5. The topological polar surface area (TPSA) is 107 Å². The van der Waals surface area contributed by atoms with Crippen LogP contribution >= 0.6 is 23.4 Å². The minimum absolute atomic E-state index is 0.0950. The Labute approximate surface area is 188 Å². The van der Waals surface area contributed by atoms with Crippen molar-refractivity contribution in [1.82, 2.24) is 9.55 Å². The molecule has 0 radical (unpaired) electrons. The van der Waals surface area contributed by atoms with E-state index in [2.05, 4.69) is 4.98 Å². The predicted molar refractivity (Wildman–Crippen MR) is 120 cm³/mol. The van der Waals surface area contributed by atoms with Crippen molar-refractivity contribution >= 4 is 46.1 Å². The number of carbonyl (C=O) groups is 1. The van der Waals surface area contributed by atoms with Crippen LogP contribution in [0.5, 0.6) is 5.75 Å². The van der Waals surface area contributed by atoms with Gasteiger partial charge in [-0.15, -0.1) is 0 Å². The van der Waals surface area contributed by atoms with Gasteiger partial charge in [0.05, 0.1) is 22.6 Å². The van der Waals surface area contributed by atoms with E-state index < -0.39 is 22.3 Å². The molecule has 0 aliphatic rings. The summed E-state index contributed by atoms with van der Waals surface area (Å²) in [6, 6.07) is 10.4. The standard InChI is InChI=1S/C21H22ClN3O5S/c1-21(2,3)18(19(26)27)24-17-9-6-14(25(28)29)12-16(17)23-20(24)31-11-10-30-15-7-4-13(22)5-8-15/h4-9,12,18H,10-11H2,1-3H3,(H,26,27). The van der Waals surface area contributed by atoms with Crippen LogP contribution in [0.2, 0.25) is 5.02 Å². The number of nitrogens with zero attached hydrogens (tertiary/aromatic N) is 3. The maximum absolute atomic E-state index is 12.2. The highest BCUT2D eigenvalue weighted by Gasteiger charge is 2.36. The zero-order chi connectivity index (χ0) is 22.8. The van der Waals surface area contributed by atoms with Crippen LogP contribution in [0, 0.1) is 15.5 Å². The Morgan fingerprint density at radius 3 is 2.55 bits per heavy atom. The minimum atomic E-state index is -0.996. The third kappa shape index (κ3) is 5.29. The maximum Gasteiger partial charge on any atom is 0.327 e. The Bertz CT molecular complexity index is 1110. The number of nitro benzene ring substituents is 1. The molecule has 0 aliphatic heterocycles. The monoisotopic (exact) mass is 463 g/mol. The predicted octanol–water partition coefficient (Wildman–Crippen LogP) is 5.44. The number of nitro groups is 1. The van der Waals surface area contributed by atoms with Gasteiger partial charge in [-0.1, -0.05) is 44.1 Å². The molecule has 8 nitrogen and oxygen atoms in total. The van der Waals surface area contributed by atoms with E-state index in [1.165, 1.54) is 23.9 Å². The number of hydrogen-bond donors (Lipinski definition) is 1. The van der Waals surface area contributed by atoms with Crippen molar-refractivity contribution in [3.05, 3.63) is 57.6 Å². The quantitative estimate of drug-likeness (QED) is 0.205. The van der Waals surface area contributed by atoms with E-state index in [0.29, 0.717) is 39.3 Å². The molecule has 0 saturated heterocycles. The summed E-state index contributed by atoms with van der Waals surface area (Å²) in [5.41, 5.74) is 0.207. The molecule has 3 aromatic rings. The summed E-state index contributed by atoms with van der Waals surface area (Å²) in [5, 5.41) is 22.2. The second kappa shape index (κ2) is 9.15. The highest BCUT2D eigenvalue weighted by Crippen LogP contribution is 2.38. The number of thioether (sulfide) groups is 1. The lowest BCUT2D eigenvalue weighted by Gasteiger charge is -2.29. The number of carboxylic acids is 1. The van der Waals surface area contributed by atoms with Crippen LogP contribution in [0.4, 0.5) is 5.69 Å². The molecule has 0 fully saturated rings. The van der Waals surface area contributed by atoms with Gasteiger partial charge in [-0.2, -0.15) is 0 Å². The first-order chi connectivity index (χ1) is 14.6. The van der Waals surface area contributed by atoms with Gasteiger partial charge in [-0.25, -0.2) is 9.78 Å². The molecule has 1 atom stereocenters. The third-order valence-corrected chi connectivity index (χ3v) is 5.73. The zero-order valence-corrected chi connectivity index (χ0v) is 18.8. The molecule has 0 amide bonds. The number of benzene rings is 2. The van der Waals surface area contributed by atoms with Crippen LogP contribution in [0.1, 0.15) is 26.8 Å². The van der Waals surface area contributed by atoms with Gasteiger partial charge in [0.15, 0.2) is 5.16 Å². The smallest absolute Gasteiger partial charge is 0.327 e. The number of aromatic nitrogens is 2. The lowest BCUT2D eigenvalue weighted by atomic mass is 9.86. The van der Waals surface area contributed by atoms with E-state index in [4.69, 9.17) is 16.3 Å². The van der Waals surface area contributed by atoms with Crippen molar-refractivity contribution in [1.29, 1.82) is 0 Å². The molecule has 1 heterocycles. The van der Waals surface area contributed by atoms with Crippen LogP contribution < -0.4 is 4.74 Å². The molecule has 3 rings (SSSR count). The summed E-state index contributed by atoms with van der Waals surface area (Å²) in [4.78, 5) is 27.3. The average molecular weight is 464 g/mol. The van der Waals surface area contributed by atoms with Gasteiger partial charge < -0.3 is 14.4 Å². The minimum Gasteiger partial charge on any atom is -0.493 e. The van der Waals surface area contributed by atoms with E-state index in [-0.39, 0.29) is 5.69 Å². The Hall–Kier alpha value is -2.78. The fraction of sp³-hybridized carbons (Fsp3) is 0.333. The van der Waals surface area contributed by atoms with Crippen molar-refractivity contribution < 1.29 is 19.6 Å². The number of rotatable bonds is 8. The number of non-ortho nitro benzene ring substituents is 1. The summed E-state index contributed by atoms with van der Waals surface area (Å²) < 4.78 is 7.35. The number of fused-ring (bicyclic) bond motifs is 1. The van der Waals surface area contributed by atoms with Crippen molar-refractivity contribution in [2.45, 2.75) is 32.0 Å². The molecule has 164 valence electrons. The Morgan fingerprint density at radius 2 is 1.97 bits per heavy atom. The zero-order valence-electron chi connectivity index (χ0n) is 17.2. The largest absolute Gasteiger partial charge is 0.493 e. The molecule has 1 N–H and O–H groups in total. The number of aliphatic carboxylic acids is 1. The first-order valence-corrected chi connectivity index (χ1v) is 10.8. The molecule has 0 spiro atoms. The lowest BCUT2D eigenvalue weighted by Crippen LogP contribution is -2.32. The average Bonchev–Trinajstić information content (AvgIpc) is 3.02. The van der Waals surface area contributed by atoms with Gasteiger partial charge >= 0.3 is 5.97 Å². The summed E-state index contributed by atoms with van der Waals surface area (Å²) >= 11 is 7.21. The number of halogens is 1. The number of carboxylic acid groups (broad SMARTS) is 1. The fourth-order valence-electron chi connectivity index (χ4n) is 3.22. The summed E-state index contributed by atoms with van der Waals surface area (Å²) in [5.74, 6) is 0.182. The molecule has 0 bridgehead atoms. The summed E-state index contributed by atoms with van der Waals surface area (Å²) in [6.45, 7) is 5.87. The lowest BCUT2D eigenvalue weighted by molar-refractivity contribution is -0.384. The van der Waals surface area contributed by atoms with Crippen LogP contribution in [-0.4, -0.2) is 37.9 Å². The summed E-state index contributed by atoms with van der Waals surface area (Å²) in [7, 11) is 0. The molecule has 10 heteroatoms. The SMILES string of the molecule is CC(C)(C)C(C(=O)O)n1c(SCCOc2ccc(Cl)cc2)nc2cc([N+](=O)[O-])ccc21.